The maximum Gasteiger partial charge on any atom is 0.222 e. The topological polar surface area (TPSA) is 32.3 Å². The van der Waals surface area contributed by atoms with Gasteiger partial charge in [-0.3, -0.25) is 4.79 Å². The monoisotopic (exact) mass is 246 g/mol. The number of nitrogens with zero attached hydrogens (tertiary/aromatic N) is 1. The number of benzene rings is 1. The Kier molecular flexibility index (Phi) is 3.71. The summed E-state index contributed by atoms with van der Waals surface area (Å²) in [5.74, 6) is 0.238. The molecule has 0 aromatic heterocycles. The van der Waals surface area contributed by atoms with Crippen LogP contribution < -0.4 is 5.32 Å². The molecule has 1 aliphatic rings. The van der Waals surface area contributed by atoms with Gasteiger partial charge in [0.25, 0.3) is 0 Å². The highest BCUT2D eigenvalue weighted by Gasteiger charge is 2.36. The van der Waals surface area contributed by atoms with Crippen LogP contribution in [0, 0.1) is 0 Å². The first-order valence-electron chi connectivity index (χ1n) is 6.63. The second-order valence-corrected chi connectivity index (χ2v) is 5.51. The van der Waals surface area contributed by atoms with Crippen LogP contribution in [0.15, 0.2) is 30.3 Å². The number of amides is 1. The average molecular weight is 246 g/mol. The smallest absolute Gasteiger partial charge is 0.222 e. The fourth-order valence-electron chi connectivity index (χ4n) is 2.50. The van der Waals surface area contributed by atoms with Gasteiger partial charge in [0, 0.05) is 31.1 Å². The van der Waals surface area contributed by atoms with E-state index in [9.17, 15) is 4.79 Å². The summed E-state index contributed by atoms with van der Waals surface area (Å²) in [6.45, 7) is 7.75. The first-order valence-corrected chi connectivity index (χ1v) is 6.63. The van der Waals surface area contributed by atoms with Gasteiger partial charge in [0.2, 0.25) is 5.91 Å². The largest absolute Gasteiger partial charge is 0.334 e. The molecule has 3 nitrogen and oxygen atoms in total. The molecule has 3 heteroatoms. The number of carbonyl (C=O) groups excluding carboxylic acids is 1. The Morgan fingerprint density at radius 3 is 2.67 bits per heavy atom. The zero-order chi connectivity index (χ0) is 13.2. The number of nitrogens with one attached hydrogen (secondary N) is 1. The van der Waals surface area contributed by atoms with E-state index < -0.39 is 0 Å². The quantitative estimate of drug-likeness (QED) is 0.868. The van der Waals surface area contributed by atoms with Crippen molar-refractivity contribution in [3.8, 4) is 0 Å². The van der Waals surface area contributed by atoms with Crippen LogP contribution in [0.1, 0.15) is 38.8 Å². The number of piperazine rings is 1. The van der Waals surface area contributed by atoms with E-state index in [0.717, 1.165) is 13.1 Å². The predicted octanol–water partition coefficient (Wildman–Crippen LogP) is 2.35. The van der Waals surface area contributed by atoms with Crippen molar-refractivity contribution in [1.82, 2.24) is 10.2 Å². The summed E-state index contributed by atoms with van der Waals surface area (Å²) in [6.07, 6.45) is 0.574. The lowest BCUT2D eigenvalue weighted by atomic mass is 9.94. The molecule has 98 valence electrons. The Bertz CT molecular complexity index is 414. The summed E-state index contributed by atoms with van der Waals surface area (Å²) in [7, 11) is 0. The second-order valence-electron chi connectivity index (χ2n) is 5.51. The van der Waals surface area contributed by atoms with Crippen LogP contribution in [-0.4, -0.2) is 29.4 Å². The number of hydrogen-bond donors (Lipinski definition) is 1. The molecule has 0 aliphatic carbocycles. The van der Waals surface area contributed by atoms with Crippen molar-refractivity contribution in [2.45, 2.75) is 38.8 Å². The molecule has 2 rings (SSSR count). The lowest BCUT2D eigenvalue weighted by molar-refractivity contribution is -0.138. The molecule has 1 fully saturated rings. The van der Waals surface area contributed by atoms with E-state index in [2.05, 4.69) is 31.3 Å². The van der Waals surface area contributed by atoms with Crippen molar-refractivity contribution < 1.29 is 4.79 Å². The van der Waals surface area contributed by atoms with Crippen molar-refractivity contribution in [2.24, 2.45) is 0 Å². The van der Waals surface area contributed by atoms with Gasteiger partial charge in [-0.15, -0.1) is 0 Å². The second kappa shape index (κ2) is 5.11. The van der Waals surface area contributed by atoms with Crippen LogP contribution in [0.2, 0.25) is 0 Å². The third-order valence-corrected chi connectivity index (χ3v) is 3.68. The molecule has 0 spiro atoms. The van der Waals surface area contributed by atoms with Gasteiger partial charge < -0.3 is 10.2 Å². The average Bonchev–Trinajstić information content (AvgIpc) is 2.38. The molecule has 1 N–H and O–H groups in total. The normalized spacial score (nSPS) is 22.8. The van der Waals surface area contributed by atoms with Crippen molar-refractivity contribution in [3.63, 3.8) is 0 Å². The zero-order valence-electron chi connectivity index (χ0n) is 11.4. The highest BCUT2D eigenvalue weighted by atomic mass is 16.2. The van der Waals surface area contributed by atoms with Crippen LogP contribution in [-0.2, 0) is 4.79 Å². The molecular weight excluding hydrogens is 224 g/mol. The fraction of sp³-hybridized carbons (Fsp3) is 0.533. The van der Waals surface area contributed by atoms with Gasteiger partial charge in [0.05, 0.1) is 0 Å². The number of rotatable bonds is 2. The van der Waals surface area contributed by atoms with E-state index in [4.69, 9.17) is 0 Å². The molecule has 1 aliphatic heterocycles. The Labute approximate surface area is 109 Å². The molecule has 1 atom stereocenters. The SMILES string of the molecule is CCC(=O)N1CC(c2ccccc2)NCC1(C)C. The van der Waals surface area contributed by atoms with Gasteiger partial charge in [0.15, 0.2) is 0 Å². The molecule has 18 heavy (non-hydrogen) atoms. The molecule has 1 unspecified atom stereocenters. The summed E-state index contributed by atoms with van der Waals surface area (Å²) in [5.41, 5.74) is 1.15. The van der Waals surface area contributed by atoms with Crippen molar-refractivity contribution >= 4 is 5.91 Å². The Morgan fingerprint density at radius 1 is 1.39 bits per heavy atom. The highest BCUT2D eigenvalue weighted by Crippen LogP contribution is 2.26. The number of hydrogen-bond acceptors (Lipinski definition) is 2. The van der Waals surface area contributed by atoms with Crippen molar-refractivity contribution in [1.29, 1.82) is 0 Å². The van der Waals surface area contributed by atoms with Crippen LogP contribution in [0.4, 0.5) is 0 Å². The summed E-state index contributed by atoms with van der Waals surface area (Å²) in [6, 6.07) is 10.6. The zero-order valence-corrected chi connectivity index (χ0v) is 11.4. The van der Waals surface area contributed by atoms with E-state index in [1.165, 1.54) is 5.56 Å². The molecule has 1 aromatic carbocycles. The predicted molar refractivity (Wildman–Crippen MR) is 73.3 cm³/mol. The molecule has 0 saturated carbocycles. The molecule has 1 heterocycles. The number of carbonyl (C=O) groups is 1. The van der Waals surface area contributed by atoms with E-state index in [-0.39, 0.29) is 17.5 Å². The molecule has 1 aromatic rings. The van der Waals surface area contributed by atoms with Crippen LogP contribution >= 0.6 is 0 Å². The molecule has 1 amide bonds. The van der Waals surface area contributed by atoms with Gasteiger partial charge in [-0.1, -0.05) is 37.3 Å². The molecular formula is C15H22N2O. The van der Waals surface area contributed by atoms with E-state index in [1.807, 2.05) is 30.0 Å². The summed E-state index contributed by atoms with van der Waals surface area (Å²) >= 11 is 0. The Hall–Kier alpha value is -1.35. The minimum absolute atomic E-state index is 0.0988. The van der Waals surface area contributed by atoms with Crippen LogP contribution in [0.3, 0.4) is 0 Å². The minimum Gasteiger partial charge on any atom is -0.334 e. The third-order valence-electron chi connectivity index (χ3n) is 3.68. The highest BCUT2D eigenvalue weighted by molar-refractivity contribution is 5.77. The van der Waals surface area contributed by atoms with E-state index >= 15 is 0 Å². The lowest BCUT2D eigenvalue weighted by Gasteiger charge is -2.46. The minimum atomic E-state index is -0.0988. The maximum absolute atomic E-state index is 12.1. The first-order chi connectivity index (χ1) is 8.54. The molecule has 0 bridgehead atoms. The summed E-state index contributed by atoms with van der Waals surface area (Å²) in [4.78, 5) is 14.1. The van der Waals surface area contributed by atoms with Gasteiger partial charge in [-0.25, -0.2) is 0 Å². The summed E-state index contributed by atoms with van der Waals surface area (Å²) < 4.78 is 0. The Balaban J connectivity index is 2.17. The maximum atomic E-state index is 12.1. The summed E-state index contributed by atoms with van der Waals surface area (Å²) in [5, 5.41) is 3.54. The van der Waals surface area contributed by atoms with Crippen molar-refractivity contribution in [2.75, 3.05) is 13.1 Å². The lowest BCUT2D eigenvalue weighted by Crippen LogP contribution is -2.60. The van der Waals surface area contributed by atoms with Crippen LogP contribution in [0.5, 0.6) is 0 Å². The molecule has 0 radical (unpaired) electrons. The third kappa shape index (κ3) is 2.56. The van der Waals surface area contributed by atoms with E-state index in [1.54, 1.807) is 0 Å². The fourth-order valence-corrected chi connectivity index (χ4v) is 2.50. The van der Waals surface area contributed by atoms with E-state index in [0.29, 0.717) is 6.42 Å². The standard InChI is InChI=1S/C15H22N2O/c1-4-14(18)17-10-13(16-11-15(17,2)3)12-8-6-5-7-9-12/h5-9,13,16H,4,10-11H2,1-3H3. The van der Waals surface area contributed by atoms with Crippen molar-refractivity contribution in [3.05, 3.63) is 35.9 Å². The first kappa shape index (κ1) is 13.1. The molecule has 1 saturated heterocycles. The van der Waals surface area contributed by atoms with Gasteiger partial charge in [-0.2, -0.15) is 0 Å². The van der Waals surface area contributed by atoms with Gasteiger partial charge in [-0.05, 0) is 19.4 Å². The Morgan fingerprint density at radius 2 is 2.06 bits per heavy atom. The van der Waals surface area contributed by atoms with Gasteiger partial charge in [0.1, 0.15) is 0 Å². The van der Waals surface area contributed by atoms with Gasteiger partial charge >= 0.3 is 0 Å². The van der Waals surface area contributed by atoms with Crippen LogP contribution in [0.25, 0.3) is 0 Å².